The highest BCUT2D eigenvalue weighted by atomic mass is 14.6. The second kappa shape index (κ2) is 7.19. The molecule has 0 aliphatic carbocycles. The van der Waals surface area contributed by atoms with Crippen LogP contribution in [0.3, 0.4) is 0 Å². The minimum absolute atomic E-state index is 1.14. The number of aryl methyl sites for hydroxylation is 1. The minimum atomic E-state index is 1.14. The zero-order valence-corrected chi connectivity index (χ0v) is 8.87. The van der Waals surface area contributed by atoms with Crippen molar-refractivity contribution in [3.05, 3.63) is 48.3 Å². The van der Waals surface area contributed by atoms with Crippen LogP contribution in [-0.4, -0.2) is 4.98 Å². The summed E-state index contributed by atoms with van der Waals surface area (Å²) in [7, 11) is 0. The summed E-state index contributed by atoms with van der Waals surface area (Å²) >= 11 is 0. The van der Waals surface area contributed by atoms with Gasteiger partial charge in [0.05, 0.1) is 0 Å². The van der Waals surface area contributed by atoms with Gasteiger partial charge >= 0.3 is 0 Å². The molecule has 1 nitrogen and oxygen atoms in total. The van der Waals surface area contributed by atoms with E-state index in [0.29, 0.717) is 0 Å². The smallest absolute Gasteiger partial charge is 0.0146 e. The Kier molecular flexibility index (Phi) is 5.57. The maximum Gasteiger partial charge on any atom is 0.0146 e. The van der Waals surface area contributed by atoms with E-state index in [2.05, 4.69) is 30.1 Å². The van der Waals surface area contributed by atoms with E-state index in [9.17, 15) is 0 Å². The van der Waals surface area contributed by atoms with Gasteiger partial charge in [0.2, 0.25) is 0 Å². The van der Waals surface area contributed by atoms with Gasteiger partial charge in [-0.1, -0.05) is 44.0 Å². The lowest BCUT2D eigenvalue weighted by Gasteiger charge is -1.97. The first kappa shape index (κ1) is 10.8. The second-order valence-corrected chi connectivity index (χ2v) is 3.42. The molecule has 0 saturated carbocycles. The second-order valence-electron chi connectivity index (χ2n) is 3.42. The van der Waals surface area contributed by atoms with Crippen molar-refractivity contribution in [1.82, 2.24) is 4.98 Å². The number of hydrogen-bond acceptors (Lipinski definition) is 0. The molecule has 0 spiro atoms. The Hall–Kier alpha value is -1.24. The van der Waals surface area contributed by atoms with Crippen LogP contribution in [-0.2, 0) is 6.42 Å². The Morgan fingerprint density at radius 2 is 1.79 bits per heavy atom. The highest BCUT2D eigenvalue weighted by Gasteiger charge is 1.88. The molecule has 76 valence electrons. The van der Waals surface area contributed by atoms with Gasteiger partial charge in [0.1, 0.15) is 0 Å². The van der Waals surface area contributed by atoms with Crippen molar-refractivity contribution in [2.45, 2.75) is 32.6 Å². The Bertz CT molecular complexity index is 263. The first-order valence-corrected chi connectivity index (χ1v) is 5.39. The molecule has 0 aliphatic heterocycles. The standard InChI is InChI=1S/C13H19N/c1-2-3-7-10-13-11-8-5-4-6-9-12-14-13/h4-6,8-9,11-12,14H,2-3,7,10H2,1H3. The lowest BCUT2D eigenvalue weighted by Crippen LogP contribution is -1.86. The van der Waals surface area contributed by atoms with Crippen molar-refractivity contribution >= 4 is 0 Å². The van der Waals surface area contributed by atoms with Gasteiger partial charge in [-0.25, -0.2) is 0 Å². The average Bonchev–Trinajstić information content (AvgIpc) is 2.32. The molecule has 0 unspecified atom stereocenters. The number of aromatic nitrogens is 1. The molecule has 0 fully saturated rings. The van der Waals surface area contributed by atoms with Crippen LogP contribution < -0.4 is 0 Å². The van der Waals surface area contributed by atoms with E-state index >= 15 is 0 Å². The molecule has 1 aromatic rings. The van der Waals surface area contributed by atoms with E-state index in [1.54, 1.807) is 0 Å². The number of aromatic amines is 1. The predicted octanol–water partition coefficient (Wildman–Crippen LogP) is 3.87. The van der Waals surface area contributed by atoms with Crippen LogP contribution in [0.25, 0.3) is 0 Å². The van der Waals surface area contributed by atoms with Crippen LogP contribution >= 0.6 is 0 Å². The third kappa shape index (κ3) is 4.70. The van der Waals surface area contributed by atoms with Crippen LogP contribution in [0.1, 0.15) is 31.9 Å². The van der Waals surface area contributed by atoms with E-state index in [1.165, 1.54) is 25.0 Å². The van der Waals surface area contributed by atoms with Crippen LogP contribution in [0.5, 0.6) is 0 Å². The van der Waals surface area contributed by atoms with E-state index in [-0.39, 0.29) is 0 Å². The fourth-order valence-electron chi connectivity index (χ4n) is 1.34. The first-order valence-electron chi connectivity index (χ1n) is 5.39. The van der Waals surface area contributed by atoms with Gasteiger partial charge in [-0.15, -0.1) is 0 Å². The monoisotopic (exact) mass is 189 g/mol. The SMILES string of the molecule is CCCCCc1ccccccc[nH]1. The lowest BCUT2D eigenvalue weighted by atomic mass is 10.1. The van der Waals surface area contributed by atoms with E-state index in [4.69, 9.17) is 0 Å². The molecule has 1 N–H and O–H groups in total. The van der Waals surface area contributed by atoms with Gasteiger partial charge < -0.3 is 4.98 Å². The highest BCUT2D eigenvalue weighted by molar-refractivity contribution is 5.02. The highest BCUT2D eigenvalue weighted by Crippen LogP contribution is 2.01. The van der Waals surface area contributed by atoms with Gasteiger partial charge in [-0.05, 0) is 25.0 Å². The number of unbranched alkanes of at least 4 members (excludes halogenated alkanes) is 2. The van der Waals surface area contributed by atoms with Gasteiger partial charge in [0, 0.05) is 11.9 Å². The molecule has 0 radical (unpaired) electrons. The van der Waals surface area contributed by atoms with Crippen LogP contribution in [0, 0.1) is 0 Å². The molecule has 0 aromatic carbocycles. The van der Waals surface area contributed by atoms with Crippen molar-refractivity contribution in [1.29, 1.82) is 0 Å². The summed E-state index contributed by atoms with van der Waals surface area (Å²) in [6, 6.07) is 12.4. The third-order valence-corrected chi connectivity index (χ3v) is 2.16. The zero-order chi connectivity index (χ0) is 10.1. The predicted molar refractivity (Wildman–Crippen MR) is 61.6 cm³/mol. The van der Waals surface area contributed by atoms with Gasteiger partial charge in [0.15, 0.2) is 0 Å². The average molecular weight is 189 g/mol. The number of nitrogens with one attached hydrogen (secondary N) is 1. The van der Waals surface area contributed by atoms with E-state index < -0.39 is 0 Å². The van der Waals surface area contributed by atoms with Gasteiger partial charge in [-0.2, -0.15) is 0 Å². The largest absolute Gasteiger partial charge is 0.365 e. The fourth-order valence-corrected chi connectivity index (χ4v) is 1.34. The molecular formula is C13H19N. The molecule has 1 heterocycles. The summed E-state index contributed by atoms with van der Waals surface area (Å²) in [6.45, 7) is 2.23. The molecule has 1 heteroatoms. The summed E-state index contributed by atoms with van der Waals surface area (Å²) in [5, 5.41) is 0. The molecule has 0 amide bonds. The Balaban J connectivity index is 2.63. The van der Waals surface area contributed by atoms with Crippen molar-refractivity contribution in [2.75, 3.05) is 0 Å². The topological polar surface area (TPSA) is 15.8 Å². The number of hydrogen-bond donors (Lipinski definition) is 1. The number of H-pyrrole nitrogens is 1. The molecule has 1 rings (SSSR count). The maximum atomic E-state index is 3.30. The quantitative estimate of drug-likeness (QED) is 0.692. The van der Waals surface area contributed by atoms with Gasteiger partial charge in [0.25, 0.3) is 0 Å². The number of rotatable bonds is 4. The Labute approximate surface area is 86.5 Å². The summed E-state index contributed by atoms with van der Waals surface area (Å²) in [4.78, 5) is 3.30. The fraction of sp³-hybridized carbons (Fsp3) is 0.385. The van der Waals surface area contributed by atoms with E-state index in [0.717, 1.165) is 6.42 Å². The Morgan fingerprint density at radius 3 is 2.64 bits per heavy atom. The molecule has 0 atom stereocenters. The van der Waals surface area contributed by atoms with Crippen molar-refractivity contribution < 1.29 is 0 Å². The summed E-state index contributed by atoms with van der Waals surface area (Å²) in [5.74, 6) is 0. The maximum absolute atomic E-state index is 3.30. The molecule has 1 aromatic heterocycles. The molecule has 0 saturated heterocycles. The first-order chi connectivity index (χ1) is 6.93. The summed E-state index contributed by atoms with van der Waals surface area (Å²) in [6.07, 6.45) is 6.99. The van der Waals surface area contributed by atoms with Crippen LogP contribution in [0.4, 0.5) is 0 Å². The summed E-state index contributed by atoms with van der Waals surface area (Å²) < 4.78 is 0. The molecular weight excluding hydrogens is 170 g/mol. The zero-order valence-electron chi connectivity index (χ0n) is 8.87. The lowest BCUT2D eigenvalue weighted by molar-refractivity contribution is 0.708. The molecule has 0 bridgehead atoms. The molecule has 0 aliphatic rings. The Morgan fingerprint density at radius 1 is 1.00 bits per heavy atom. The van der Waals surface area contributed by atoms with E-state index in [1.807, 2.05) is 24.4 Å². The van der Waals surface area contributed by atoms with Crippen molar-refractivity contribution in [2.24, 2.45) is 0 Å². The van der Waals surface area contributed by atoms with Crippen LogP contribution in [0.15, 0.2) is 42.6 Å². The van der Waals surface area contributed by atoms with Crippen LogP contribution in [0.2, 0.25) is 0 Å². The minimum Gasteiger partial charge on any atom is -0.365 e. The summed E-state index contributed by atoms with van der Waals surface area (Å²) in [5.41, 5.74) is 1.30. The normalized spacial score (nSPS) is 9.50. The third-order valence-electron chi connectivity index (χ3n) is 2.16. The molecule has 14 heavy (non-hydrogen) atoms. The van der Waals surface area contributed by atoms with Crippen molar-refractivity contribution in [3.63, 3.8) is 0 Å². The van der Waals surface area contributed by atoms with Crippen molar-refractivity contribution in [3.8, 4) is 0 Å². The van der Waals surface area contributed by atoms with Gasteiger partial charge in [-0.3, -0.25) is 0 Å².